The van der Waals surface area contributed by atoms with Gasteiger partial charge in [-0.1, -0.05) is 58.3 Å². The van der Waals surface area contributed by atoms with Crippen molar-refractivity contribution in [3.8, 4) is 0 Å². The Hall–Kier alpha value is -0.570. The van der Waals surface area contributed by atoms with E-state index in [1.165, 1.54) is 38.5 Å². The molecular formula is C14H29NO2. The molecule has 0 aliphatic carbocycles. The second kappa shape index (κ2) is 10.6. The number of carbonyl (C=O) groups excluding carboxylic acids is 1. The standard InChI is InChI=1S/C14H29NO2/c1-3-4-5-6-7-8-9-10-11-13(12(2)16)14(15)17/h12-13,16H,3-11H2,1-2H3,(H2,15,17). The summed E-state index contributed by atoms with van der Waals surface area (Å²) >= 11 is 0. The first kappa shape index (κ1) is 16.4. The monoisotopic (exact) mass is 243 g/mol. The number of amides is 1. The molecule has 3 N–H and O–H groups in total. The first-order valence-corrected chi connectivity index (χ1v) is 7.07. The Morgan fingerprint density at radius 2 is 1.53 bits per heavy atom. The first-order chi connectivity index (χ1) is 8.09. The van der Waals surface area contributed by atoms with Gasteiger partial charge in [0.1, 0.15) is 0 Å². The smallest absolute Gasteiger partial charge is 0.223 e. The summed E-state index contributed by atoms with van der Waals surface area (Å²) in [5.41, 5.74) is 5.23. The minimum atomic E-state index is -0.614. The molecular weight excluding hydrogens is 214 g/mol. The van der Waals surface area contributed by atoms with Crippen LogP contribution in [0.2, 0.25) is 0 Å². The Bertz CT molecular complexity index is 193. The van der Waals surface area contributed by atoms with Crippen molar-refractivity contribution in [3.05, 3.63) is 0 Å². The number of primary amides is 1. The Balaban J connectivity index is 3.40. The molecule has 2 unspecified atom stereocenters. The number of unbranched alkanes of at least 4 members (excludes halogenated alkanes) is 7. The predicted octanol–water partition coefficient (Wildman–Crippen LogP) is 3.00. The van der Waals surface area contributed by atoms with Crippen LogP contribution < -0.4 is 5.73 Å². The highest BCUT2D eigenvalue weighted by Gasteiger charge is 2.19. The van der Waals surface area contributed by atoms with Crippen LogP contribution in [0.15, 0.2) is 0 Å². The van der Waals surface area contributed by atoms with Gasteiger partial charge in [0.15, 0.2) is 0 Å². The van der Waals surface area contributed by atoms with Gasteiger partial charge in [-0.25, -0.2) is 0 Å². The van der Waals surface area contributed by atoms with E-state index in [0.717, 1.165) is 19.3 Å². The van der Waals surface area contributed by atoms with Gasteiger partial charge in [-0.2, -0.15) is 0 Å². The number of aliphatic hydroxyl groups excluding tert-OH is 1. The molecule has 3 nitrogen and oxygen atoms in total. The third-order valence-electron chi connectivity index (χ3n) is 3.32. The molecule has 0 fully saturated rings. The second-order valence-corrected chi connectivity index (χ2v) is 5.01. The molecule has 0 saturated heterocycles. The summed E-state index contributed by atoms with van der Waals surface area (Å²) in [5, 5.41) is 9.38. The van der Waals surface area contributed by atoms with E-state index in [0.29, 0.717) is 0 Å². The van der Waals surface area contributed by atoms with Crippen LogP contribution >= 0.6 is 0 Å². The summed E-state index contributed by atoms with van der Waals surface area (Å²) in [7, 11) is 0. The van der Waals surface area contributed by atoms with E-state index in [4.69, 9.17) is 5.73 Å². The van der Waals surface area contributed by atoms with Gasteiger partial charge in [-0.05, 0) is 13.3 Å². The molecule has 0 aromatic rings. The van der Waals surface area contributed by atoms with Gasteiger partial charge in [0.05, 0.1) is 12.0 Å². The van der Waals surface area contributed by atoms with E-state index in [1.807, 2.05) is 0 Å². The van der Waals surface area contributed by atoms with Gasteiger partial charge in [-0.15, -0.1) is 0 Å². The molecule has 0 aromatic carbocycles. The van der Waals surface area contributed by atoms with Crippen molar-refractivity contribution in [1.82, 2.24) is 0 Å². The molecule has 0 aliphatic heterocycles. The van der Waals surface area contributed by atoms with Crippen LogP contribution in [0.1, 0.15) is 71.6 Å². The molecule has 17 heavy (non-hydrogen) atoms. The van der Waals surface area contributed by atoms with E-state index in [1.54, 1.807) is 6.92 Å². The van der Waals surface area contributed by atoms with Gasteiger partial charge < -0.3 is 10.8 Å². The number of nitrogens with two attached hydrogens (primary N) is 1. The van der Waals surface area contributed by atoms with Crippen LogP contribution in [-0.2, 0) is 4.79 Å². The summed E-state index contributed by atoms with van der Waals surface area (Å²) in [6, 6.07) is 0. The number of carbonyl (C=O) groups is 1. The fraction of sp³-hybridized carbons (Fsp3) is 0.929. The molecule has 2 atom stereocenters. The fourth-order valence-electron chi connectivity index (χ4n) is 2.12. The molecule has 0 bridgehead atoms. The summed E-state index contributed by atoms with van der Waals surface area (Å²) < 4.78 is 0. The average Bonchev–Trinajstić information content (AvgIpc) is 2.26. The topological polar surface area (TPSA) is 63.3 Å². The van der Waals surface area contributed by atoms with Crippen molar-refractivity contribution < 1.29 is 9.90 Å². The van der Waals surface area contributed by atoms with Crippen molar-refractivity contribution in [2.24, 2.45) is 11.7 Å². The molecule has 3 heteroatoms. The van der Waals surface area contributed by atoms with Crippen LogP contribution in [0.5, 0.6) is 0 Å². The number of aliphatic hydroxyl groups is 1. The quantitative estimate of drug-likeness (QED) is 0.548. The summed E-state index contributed by atoms with van der Waals surface area (Å²) in [4.78, 5) is 11.0. The lowest BCUT2D eigenvalue weighted by atomic mass is 9.95. The molecule has 0 saturated carbocycles. The molecule has 0 aliphatic rings. The third kappa shape index (κ3) is 9.16. The number of hydrogen-bond acceptors (Lipinski definition) is 2. The van der Waals surface area contributed by atoms with Gasteiger partial charge in [0.2, 0.25) is 5.91 Å². The predicted molar refractivity (Wildman–Crippen MR) is 71.6 cm³/mol. The van der Waals surface area contributed by atoms with Crippen LogP contribution in [0.25, 0.3) is 0 Å². The lowest BCUT2D eigenvalue weighted by molar-refractivity contribution is -0.125. The van der Waals surface area contributed by atoms with Gasteiger partial charge in [-0.3, -0.25) is 4.79 Å². The number of rotatable bonds is 11. The normalized spacial score (nSPS) is 14.5. The van der Waals surface area contributed by atoms with Crippen molar-refractivity contribution in [3.63, 3.8) is 0 Å². The summed E-state index contributed by atoms with van der Waals surface area (Å²) in [6.07, 6.45) is 10.1. The summed E-state index contributed by atoms with van der Waals surface area (Å²) in [6.45, 7) is 3.86. The molecule has 0 rings (SSSR count). The lowest BCUT2D eigenvalue weighted by Gasteiger charge is -2.15. The lowest BCUT2D eigenvalue weighted by Crippen LogP contribution is -2.31. The largest absolute Gasteiger partial charge is 0.393 e. The van der Waals surface area contributed by atoms with Crippen LogP contribution in [0.3, 0.4) is 0 Å². The van der Waals surface area contributed by atoms with E-state index in [2.05, 4.69) is 6.92 Å². The Labute approximate surface area is 106 Å². The molecule has 102 valence electrons. The summed E-state index contributed by atoms with van der Waals surface area (Å²) in [5.74, 6) is -0.738. The average molecular weight is 243 g/mol. The zero-order valence-electron chi connectivity index (χ0n) is 11.5. The maximum atomic E-state index is 11.0. The minimum absolute atomic E-state index is 0.366. The number of hydrogen-bond donors (Lipinski definition) is 2. The second-order valence-electron chi connectivity index (χ2n) is 5.01. The van der Waals surface area contributed by atoms with E-state index < -0.39 is 6.10 Å². The highest BCUT2D eigenvalue weighted by atomic mass is 16.3. The Morgan fingerprint density at radius 3 is 1.94 bits per heavy atom. The van der Waals surface area contributed by atoms with E-state index >= 15 is 0 Å². The maximum absolute atomic E-state index is 11.0. The molecule has 0 radical (unpaired) electrons. The van der Waals surface area contributed by atoms with Crippen molar-refractivity contribution in [2.75, 3.05) is 0 Å². The Kier molecular flexibility index (Phi) is 10.2. The molecule has 0 spiro atoms. The van der Waals surface area contributed by atoms with Crippen molar-refractivity contribution in [1.29, 1.82) is 0 Å². The highest BCUT2D eigenvalue weighted by Crippen LogP contribution is 2.15. The van der Waals surface area contributed by atoms with Crippen molar-refractivity contribution >= 4 is 5.91 Å². The van der Waals surface area contributed by atoms with Crippen LogP contribution in [-0.4, -0.2) is 17.1 Å². The SMILES string of the molecule is CCCCCCCCCCC(C(N)=O)C(C)O. The highest BCUT2D eigenvalue weighted by molar-refractivity contribution is 5.77. The van der Waals surface area contributed by atoms with E-state index in [9.17, 15) is 9.90 Å². The zero-order valence-corrected chi connectivity index (χ0v) is 11.5. The minimum Gasteiger partial charge on any atom is -0.393 e. The van der Waals surface area contributed by atoms with Crippen molar-refractivity contribution in [2.45, 2.75) is 77.7 Å². The Morgan fingerprint density at radius 1 is 1.06 bits per heavy atom. The third-order valence-corrected chi connectivity index (χ3v) is 3.32. The molecule has 1 amide bonds. The zero-order chi connectivity index (χ0) is 13.1. The fourth-order valence-corrected chi connectivity index (χ4v) is 2.12. The maximum Gasteiger partial charge on any atom is 0.223 e. The van der Waals surface area contributed by atoms with E-state index in [-0.39, 0.29) is 11.8 Å². The van der Waals surface area contributed by atoms with Gasteiger partial charge in [0.25, 0.3) is 0 Å². The van der Waals surface area contributed by atoms with Crippen LogP contribution in [0, 0.1) is 5.92 Å². The first-order valence-electron chi connectivity index (χ1n) is 7.07. The van der Waals surface area contributed by atoms with Gasteiger partial charge in [0, 0.05) is 0 Å². The molecule has 0 aromatic heterocycles. The molecule has 0 heterocycles. The van der Waals surface area contributed by atoms with Gasteiger partial charge >= 0.3 is 0 Å². The van der Waals surface area contributed by atoms with Crippen LogP contribution in [0.4, 0.5) is 0 Å².